The summed E-state index contributed by atoms with van der Waals surface area (Å²) in [4.78, 5) is 0. The minimum Gasteiger partial charge on any atom is -0.409 e. The number of hydrogen-bond acceptors (Lipinski definition) is 4. The molecule has 1 rings (SSSR count). The Morgan fingerprint density at radius 2 is 2.07 bits per heavy atom. The third-order valence-electron chi connectivity index (χ3n) is 2.44. The zero-order valence-corrected chi connectivity index (χ0v) is 9.66. The first-order chi connectivity index (χ1) is 6.88. The predicted molar refractivity (Wildman–Crippen MR) is 57.1 cm³/mol. The van der Waals surface area contributed by atoms with Crippen molar-refractivity contribution in [3.8, 4) is 0 Å². The normalized spacial score (nSPS) is 20.6. The van der Waals surface area contributed by atoms with Gasteiger partial charge >= 0.3 is 0 Å². The van der Waals surface area contributed by atoms with Crippen LogP contribution in [0, 0.1) is 5.92 Å². The van der Waals surface area contributed by atoms with Gasteiger partial charge in [-0.1, -0.05) is 5.16 Å². The number of sulfonamides is 1. The van der Waals surface area contributed by atoms with Gasteiger partial charge in [0.25, 0.3) is 0 Å². The van der Waals surface area contributed by atoms with Gasteiger partial charge in [-0.2, -0.15) is 0 Å². The van der Waals surface area contributed by atoms with Gasteiger partial charge < -0.3 is 10.9 Å². The average molecular weight is 235 g/mol. The summed E-state index contributed by atoms with van der Waals surface area (Å²) in [5.74, 6) is 0.0937. The SMILES string of the molecule is CC(C)S(=O)(=O)NC(C(N)=NO)C1CC1. The molecule has 0 amide bonds. The van der Waals surface area contributed by atoms with E-state index in [0.29, 0.717) is 0 Å². The Morgan fingerprint density at radius 3 is 2.40 bits per heavy atom. The number of amidine groups is 1. The molecule has 0 aromatic heterocycles. The highest BCUT2D eigenvalue weighted by molar-refractivity contribution is 7.90. The van der Waals surface area contributed by atoms with Gasteiger partial charge in [0.1, 0.15) is 0 Å². The van der Waals surface area contributed by atoms with Crippen molar-refractivity contribution < 1.29 is 13.6 Å². The lowest BCUT2D eigenvalue weighted by Gasteiger charge is -2.18. The highest BCUT2D eigenvalue weighted by Crippen LogP contribution is 2.33. The van der Waals surface area contributed by atoms with Crippen LogP contribution in [-0.4, -0.2) is 30.8 Å². The molecule has 4 N–H and O–H groups in total. The maximum absolute atomic E-state index is 11.6. The van der Waals surface area contributed by atoms with Crippen LogP contribution in [0.25, 0.3) is 0 Å². The molecule has 7 heteroatoms. The molecule has 1 atom stereocenters. The summed E-state index contributed by atoms with van der Waals surface area (Å²) in [5.41, 5.74) is 5.44. The molecule has 0 spiro atoms. The molecule has 0 aromatic carbocycles. The Bertz CT molecular complexity index is 346. The molecule has 0 heterocycles. The van der Waals surface area contributed by atoms with Gasteiger partial charge in [0.2, 0.25) is 10.0 Å². The van der Waals surface area contributed by atoms with Crippen molar-refractivity contribution in [1.82, 2.24) is 4.72 Å². The number of nitrogens with two attached hydrogens (primary N) is 1. The first kappa shape index (κ1) is 12.3. The fraction of sp³-hybridized carbons (Fsp3) is 0.875. The molecule has 1 aliphatic rings. The number of nitrogens with one attached hydrogen (secondary N) is 1. The third kappa shape index (κ3) is 3.07. The lowest BCUT2D eigenvalue weighted by molar-refractivity contribution is 0.314. The van der Waals surface area contributed by atoms with Gasteiger partial charge in [-0.3, -0.25) is 0 Å². The van der Waals surface area contributed by atoms with E-state index in [-0.39, 0.29) is 11.8 Å². The maximum Gasteiger partial charge on any atom is 0.214 e. The van der Waals surface area contributed by atoms with E-state index < -0.39 is 21.3 Å². The summed E-state index contributed by atoms with van der Waals surface area (Å²) in [6.07, 6.45) is 1.81. The molecule has 0 saturated heterocycles. The first-order valence-corrected chi connectivity index (χ1v) is 6.41. The van der Waals surface area contributed by atoms with E-state index in [0.717, 1.165) is 12.8 Å². The molecule has 88 valence electrons. The van der Waals surface area contributed by atoms with Crippen LogP contribution < -0.4 is 10.5 Å². The Kier molecular flexibility index (Phi) is 3.56. The molecule has 0 aliphatic heterocycles. The van der Waals surface area contributed by atoms with Crippen molar-refractivity contribution >= 4 is 15.9 Å². The van der Waals surface area contributed by atoms with E-state index in [1.807, 2.05) is 0 Å². The quantitative estimate of drug-likeness (QED) is 0.266. The molecule has 15 heavy (non-hydrogen) atoms. The zero-order valence-electron chi connectivity index (χ0n) is 8.84. The largest absolute Gasteiger partial charge is 0.409 e. The second kappa shape index (κ2) is 4.36. The van der Waals surface area contributed by atoms with Gasteiger partial charge in [0, 0.05) is 0 Å². The third-order valence-corrected chi connectivity index (χ3v) is 4.26. The Labute approximate surface area is 89.6 Å². The number of oxime groups is 1. The molecular formula is C8H17N3O3S. The number of hydrogen-bond donors (Lipinski definition) is 3. The van der Waals surface area contributed by atoms with E-state index in [1.54, 1.807) is 13.8 Å². The van der Waals surface area contributed by atoms with Crippen LogP contribution in [-0.2, 0) is 10.0 Å². The van der Waals surface area contributed by atoms with Crippen LogP contribution in [0.3, 0.4) is 0 Å². The summed E-state index contributed by atoms with van der Waals surface area (Å²) in [6, 6.07) is -0.567. The number of rotatable bonds is 5. The highest BCUT2D eigenvalue weighted by Gasteiger charge is 2.37. The van der Waals surface area contributed by atoms with Gasteiger partial charge in [-0.25, -0.2) is 13.1 Å². The molecule has 0 radical (unpaired) electrons. The standard InChI is InChI=1S/C8H17N3O3S/c1-5(2)15(13,14)11-7(6-3-4-6)8(9)10-12/h5-7,11-12H,3-4H2,1-2H3,(H2,9,10). The summed E-state index contributed by atoms with van der Waals surface area (Å²) in [7, 11) is -3.38. The zero-order chi connectivity index (χ0) is 11.6. The lowest BCUT2D eigenvalue weighted by Crippen LogP contribution is -2.48. The maximum atomic E-state index is 11.6. The van der Waals surface area contributed by atoms with Crippen molar-refractivity contribution in [2.45, 2.75) is 38.0 Å². The van der Waals surface area contributed by atoms with Crippen molar-refractivity contribution in [3.05, 3.63) is 0 Å². The van der Waals surface area contributed by atoms with Gasteiger partial charge in [0.15, 0.2) is 5.84 Å². The molecule has 6 nitrogen and oxygen atoms in total. The second-order valence-corrected chi connectivity index (χ2v) is 6.32. The van der Waals surface area contributed by atoms with Crippen molar-refractivity contribution in [2.24, 2.45) is 16.8 Å². The lowest BCUT2D eigenvalue weighted by atomic mass is 10.2. The summed E-state index contributed by atoms with van der Waals surface area (Å²) >= 11 is 0. The van der Waals surface area contributed by atoms with Crippen LogP contribution in [0.1, 0.15) is 26.7 Å². The number of nitrogens with zero attached hydrogens (tertiary/aromatic N) is 1. The van der Waals surface area contributed by atoms with Crippen LogP contribution >= 0.6 is 0 Å². The van der Waals surface area contributed by atoms with Crippen LogP contribution in [0.2, 0.25) is 0 Å². The van der Waals surface area contributed by atoms with Crippen molar-refractivity contribution in [2.75, 3.05) is 0 Å². The van der Waals surface area contributed by atoms with Gasteiger partial charge in [0.05, 0.1) is 11.3 Å². The molecule has 1 aliphatic carbocycles. The van der Waals surface area contributed by atoms with E-state index in [9.17, 15) is 8.42 Å². The van der Waals surface area contributed by atoms with E-state index >= 15 is 0 Å². The van der Waals surface area contributed by atoms with Crippen molar-refractivity contribution in [1.29, 1.82) is 0 Å². The molecule has 1 saturated carbocycles. The monoisotopic (exact) mass is 235 g/mol. The fourth-order valence-electron chi connectivity index (χ4n) is 1.20. The Balaban J connectivity index is 2.76. The Morgan fingerprint density at radius 1 is 1.53 bits per heavy atom. The van der Waals surface area contributed by atoms with Gasteiger partial charge in [-0.15, -0.1) is 0 Å². The van der Waals surface area contributed by atoms with E-state index in [1.165, 1.54) is 0 Å². The van der Waals surface area contributed by atoms with E-state index in [2.05, 4.69) is 9.88 Å². The highest BCUT2D eigenvalue weighted by atomic mass is 32.2. The molecule has 1 unspecified atom stereocenters. The topological polar surface area (TPSA) is 105 Å². The molecular weight excluding hydrogens is 218 g/mol. The summed E-state index contributed by atoms with van der Waals surface area (Å²) in [5, 5.41) is 10.9. The summed E-state index contributed by atoms with van der Waals surface area (Å²) in [6.45, 7) is 3.16. The fourth-order valence-corrected chi connectivity index (χ4v) is 2.14. The minimum absolute atomic E-state index is 0.0678. The van der Waals surface area contributed by atoms with E-state index in [4.69, 9.17) is 10.9 Å². The minimum atomic E-state index is -3.38. The predicted octanol–water partition coefficient (Wildman–Crippen LogP) is -0.161. The molecule has 0 bridgehead atoms. The smallest absolute Gasteiger partial charge is 0.214 e. The first-order valence-electron chi connectivity index (χ1n) is 4.87. The molecule has 1 fully saturated rings. The second-order valence-electron chi connectivity index (χ2n) is 4.05. The van der Waals surface area contributed by atoms with Crippen LogP contribution in [0.5, 0.6) is 0 Å². The van der Waals surface area contributed by atoms with Crippen LogP contribution in [0.4, 0.5) is 0 Å². The molecule has 0 aromatic rings. The Hall–Kier alpha value is -0.820. The van der Waals surface area contributed by atoms with Crippen molar-refractivity contribution in [3.63, 3.8) is 0 Å². The average Bonchev–Trinajstić information content (AvgIpc) is 2.96. The summed E-state index contributed by atoms with van der Waals surface area (Å²) < 4.78 is 25.6. The van der Waals surface area contributed by atoms with Gasteiger partial charge in [-0.05, 0) is 32.6 Å². The van der Waals surface area contributed by atoms with Crippen LogP contribution in [0.15, 0.2) is 5.16 Å².